The van der Waals surface area contributed by atoms with Gasteiger partial charge in [-0.3, -0.25) is 0 Å². The molecule has 40 heavy (non-hydrogen) atoms. The number of hydrogen-bond donors (Lipinski definition) is 0. The molecular weight excluding hydrogens is 480 g/mol. The normalized spacial score (nSPS) is 25.1. The highest BCUT2D eigenvalue weighted by molar-refractivity contribution is 5.37. The predicted molar refractivity (Wildman–Crippen MR) is 181 cm³/mol. The third-order valence-corrected chi connectivity index (χ3v) is 8.42. The van der Waals surface area contributed by atoms with Gasteiger partial charge in [-0.05, 0) is 88.5 Å². The van der Waals surface area contributed by atoms with Crippen molar-refractivity contribution < 1.29 is 0 Å². The molecular formula is C40H56. The van der Waals surface area contributed by atoms with E-state index >= 15 is 0 Å². The van der Waals surface area contributed by atoms with Gasteiger partial charge in [0.1, 0.15) is 0 Å². The maximum absolute atomic E-state index is 2.41. The molecule has 0 radical (unpaired) electrons. The summed E-state index contributed by atoms with van der Waals surface area (Å²) in [7, 11) is 0. The average molecular weight is 537 g/mol. The topological polar surface area (TPSA) is 0 Å². The zero-order valence-corrected chi connectivity index (χ0v) is 27.2. The SMILES string of the molecule is CC1=C(/C=C/C(C)=C\C=C/C(C)=C/C=C/C=C(C)/C=C/C=C(C)/C=C\[C@@H]2[C@H](C)CC=CC2(C)C)C(C)(C)CCC1. The summed E-state index contributed by atoms with van der Waals surface area (Å²) < 4.78 is 0. The third kappa shape index (κ3) is 11.3. The van der Waals surface area contributed by atoms with E-state index in [-0.39, 0.29) is 5.41 Å². The Hall–Kier alpha value is -2.86. The van der Waals surface area contributed by atoms with E-state index in [9.17, 15) is 0 Å². The van der Waals surface area contributed by atoms with Crippen molar-refractivity contribution in [2.45, 2.75) is 94.9 Å². The highest BCUT2D eigenvalue weighted by Gasteiger charge is 2.31. The quantitative estimate of drug-likeness (QED) is 0.192. The Morgan fingerprint density at radius 2 is 1.27 bits per heavy atom. The molecule has 0 aromatic carbocycles. The van der Waals surface area contributed by atoms with Gasteiger partial charge in [0.15, 0.2) is 0 Å². The van der Waals surface area contributed by atoms with Gasteiger partial charge in [0.05, 0.1) is 0 Å². The molecule has 0 aromatic heterocycles. The highest BCUT2D eigenvalue weighted by Crippen LogP contribution is 2.41. The van der Waals surface area contributed by atoms with Gasteiger partial charge in [-0.2, -0.15) is 0 Å². The second-order valence-electron chi connectivity index (χ2n) is 13.3. The molecule has 0 amide bonds. The Bertz CT molecular complexity index is 1180. The lowest BCUT2D eigenvalue weighted by molar-refractivity contribution is 0.238. The molecule has 0 spiro atoms. The Balaban J connectivity index is 1.87. The van der Waals surface area contributed by atoms with Crippen LogP contribution in [0.1, 0.15) is 94.9 Å². The van der Waals surface area contributed by atoms with Gasteiger partial charge in [0.2, 0.25) is 0 Å². The molecule has 0 fully saturated rings. The van der Waals surface area contributed by atoms with E-state index < -0.39 is 0 Å². The first-order valence-electron chi connectivity index (χ1n) is 15.3. The minimum atomic E-state index is 0.231. The fourth-order valence-electron chi connectivity index (χ4n) is 5.84. The fraction of sp³-hybridized carbons (Fsp3) is 0.450. The third-order valence-electron chi connectivity index (χ3n) is 8.42. The van der Waals surface area contributed by atoms with Crippen LogP contribution >= 0.6 is 0 Å². The Kier molecular flexibility index (Phi) is 13.2. The summed E-state index contributed by atoms with van der Waals surface area (Å²) in [4.78, 5) is 0. The number of allylic oxidation sites excluding steroid dienone is 22. The predicted octanol–water partition coefficient (Wildman–Crippen LogP) is 12.3. The minimum Gasteiger partial charge on any atom is -0.0877 e. The minimum absolute atomic E-state index is 0.231. The van der Waals surface area contributed by atoms with Crippen LogP contribution in [0.3, 0.4) is 0 Å². The smallest absolute Gasteiger partial charge is 0.0104 e. The first-order valence-corrected chi connectivity index (χ1v) is 15.3. The Morgan fingerprint density at radius 3 is 1.82 bits per heavy atom. The molecule has 0 saturated carbocycles. The molecule has 0 saturated heterocycles. The molecule has 0 nitrogen and oxygen atoms in total. The van der Waals surface area contributed by atoms with E-state index in [2.05, 4.69) is 166 Å². The first-order chi connectivity index (χ1) is 18.8. The van der Waals surface area contributed by atoms with Gasteiger partial charge in [-0.25, -0.2) is 0 Å². The van der Waals surface area contributed by atoms with Crippen molar-refractivity contribution in [2.75, 3.05) is 0 Å². The summed E-state index contributed by atoms with van der Waals surface area (Å²) in [6.07, 6.45) is 40.6. The molecule has 2 aliphatic carbocycles. The van der Waals surface area contributed by atoms with Crippen LogP contribution in [0.15, 0.2) is 131 Å². The van der Waals surface area contributed by atoms with Crippen molar-refractivity contribution in [3.05, 3.63) is 131 Å². The van der Waals surface area contributed by atoms with Gasteiger partial charge >= 0.3 is 0 Å². The van der Waals surface area contributed by atoms with Gasteiger partial charge < -0.3 is 0 Å². The summed E-state index contributed by atoms with van der Waals surface area (Å²) in [5, 5.41) is 0. The highest BCUT2D eigenvalue weighted by atomic mass is 14.4. The van der Waals surface area contributed by atoms with Gasteiger partial charge in [-0.15, -0.1) is 0 Å². The van der Waals surface area contributed by atoms with Gasteiger partial charge in [-0.1, -0.05) is 160 Å². The van der Waals surface area contributed by atoms with Gasteiger partial charge in [0.25, 0.3) is 0 Å². The largest absolute Gasteiger partial charge is 0.0877 e. The van der Waals surface area contributed by atoms with Crippen molar-refractivity contribution >= 4 is 0 Å². The van der Waals surface area contributed by atoms with Crippen molar-refractivity contribution in [1.82, 2.24) is 0 Å². The Morgan fingerprint density at radius 1 is 0.750 bits per heavy atom. The standard InChI is InChI=1S/C40H56/c1-31(19-13-21-33(3)25-27-37-35(5)23-15-29-39(37,7)8)17-11-12-18-32(2)20-14-22-34(4)26-28-38-36(6)24-16-30-40(38,9)10/h11-15,17-22,25-29,35,37H,16,23-24,30H2,1-10H3/b12-11+,19-13+,20-14-,27-25-,28-26+,31-17+,32-18+,33-21+,34-22-/t35-,37-/m1/s1. The lowest BCUT2D eigenvalue weighted by Crippen LogP contribution is -2.28. The van der Waals surface area contributed by atoms with Crippen LogP contribution < -0.4 is 0 Å². The van der Waals surface area contributed by atoms with Crippen molar-refractivity contribution in [2.24, 2.45) is 22.7 Å². The van der Waals surface area contributed by atoms with E-state index in [1.165, 1.54) is 53.5 Å². The summed E-state index contributed by atoms with van der Waals surface area (Å²) in [6, 6.07) is 0. The van der Waals surface area contributed by atoms with Crippen LogP contribution in [0.2, 0.25) is 0 Å². The maximum Gasteiger partial charge on any atom is -0.0104 e. The molecule has 2 atom stereocenters. The molecule has 0 N–H and O–H groups in total. The summed E-state index contributed by atoms with van der Waals surface area (Å²) in [6.45, 7) is 22.7. The average Bonchev–Trinajstić information content (AvgIpc) is 2.85. The molecule has 0 heteroatoms. The Labute approximate surface area is 247 Å². The number of rotatable bonds is 10. The van der Waals surface area contributed by atoms with Crippen molar-refractivity contribution in [3.63, 3.8) is 0 Å². The number of hydrogen-bond acceptors (Lipinski definition) is 0. The summed E-state index contributed by atoms with van der Waals surface area (Å²) in [5.74, 6) is 1.27. The molecule has 0 unspecified atom stereocenters. The van der Waals surface area contributed by atoms with Crippen LogP contribution in [-0.4, -0.2) is 0 Å². The molecule has 0 aliphatic heterocycles. The summed E-state index contributed by atoms with van der Waals surface area (Å²) in [5.41, 5.74) is 8.61. The molecule has 0 aromatic rings. The molecule has 2 rings (SSSR count). The van der Waals surface area contributed by atoms with E-state index in [0.29, 0.717) is 17.3 Å². The van der Waals surface area contributed by atoms with Gasteiger partial charge in [0, 0.05) is 0 Å². The maximum atomic E-state index is 2.41. The van der Waals surface area contributed by atoms with Crippen LogP contribution in [0.5, 0.6) is 0 Å². The first kappa shape index (κ1) is 33.3. The van der Waals surface area contributed by atoms with Crippen LogP contribution in [0.25, 0.3) is 0 Å². The zero-order chi connectivity index (χ0) is 29.8. The molecule has 0 heterocycles. The zero-order valence-electron chi connectivity index (χ0n) is 27.2. The molecule has 216 valence electrons. The van der Waals surface area contributed by atoms with Crippen molar-refractivity contribution in [3.8, 4) is 0 Å². The van der Waals surface area contributed by atoms with Crippen molar-refractivity contribution in [1.29, 1.82) is 0 Å². The van der Waals surface area contributed by atoms with E-state index in [4.69, 9.17) is 0 Å². The lowest BCUT2D eigenvalue weighted by atomic mass is 9.68. The van der Waals surface area contributed by atoms with E-state index in [0.717, 1.165) is 0 Å². The van der Waals surface area contributed by atoms with Crippen LogP contribution in [0.4, 0.5) is 0 Å². The monoisotopic (exact) mass is 536 g/mol. The second kappa shape index (κ2) is 15.8. The van der Waals surface area contributed by atoms with Crippen LogP contribution in [0, 0.1) is 22.7 Å². The summed E-state index contributed by atoms with van der Waals surface area (Å²) >= 11 is 0. The lowest BCUT2D eigenvalue weighted by Gasteiger charge is -2.37. The van der Waals surface area contributed by atoms with Crippen LogP contribution in [-0.2, 0) is 0 Å². The van der Waals surface area contributed by atoms with E-state index in [1.807, 2.05) is 0 Å². The fourth-order valence-corrected chi connectivity index (χ4v) is 5.84. The van der Waals surface area contributed by atoms with E-state index in [1.54, 1.807) is 5.57 Å². The molecule has 0 bridgehead atoms. The second-order valence-corrected chi connectivity index (χ2v) is 13.3. The molecule has 2 aliphatic rings.